The van der Waals surface area contributed by atoms with Crippen molar-refractivity contribution in [2.75, 3.05) is 0 Å². The highest BCUT2D eigenvalue weighted by Crippen LogP contribution is 2.62. The molecular formula is C27H40O6. The highest BCUT2D eigenvalue weighted by molar-refractivity contribution is 5.70. The minimum atomic E-state index is -0.800. The largest absolute Gasteiger partial charge is 0.435 e. The van der Waals surface area contributed by atoms with Gasteiger partial charge in [-0.25, -0.2) is 9.78 Å². The van der Waals surface area contributed by atoms with Crippen LogP contribution in [0, 0.1) is 46.8 Å². The molecule has 0 radical (unpaired) electrons. The van der Waals surface area contributed by atoms with E-state index in [1.165, 1.54) is 38.5 Å². The molecule has 9 rings (SSSR count). The molecule has 9 fully saturated rings. The molecule has 4 saturated heterocycles. The number of hydrogen-bond donors (Lipinski definition) is 0. The summed E-state index contributed by atoms with van der Waals surface area (Å²) in [6.07, 6.45) is 11.2. The number of ether oxygens (including phenoxy) is 3. The van der Waals surface area contributed by atoms with E-state index < -0.39 is 24.0 Å². The molecule has 4 heterocycles. The van der Waals surface area contributed by atoms with Gasteiger partial charge in [-0.1, -0.05) is 13.8 Å². The van der Waals surface area contributed by atoms with E-state index in [-0.39, 0.29) is 23.2 Å². The van der Waals surface area contributed by atoms with E-state index >= 15 is 0 Å². The standard InChI is InChI=1S/C27H40O6/c1-15-4-5-21-16(2)23(30-24-27(21)20(15)6-7-25(3,31-24)32-33-27)29-22(28)14-26-11-17-8-18(12-26)10-19(9-17)13-26/h15-21,23-24H,4-14H2,1-3H3/t15-,16-,17?,18?,19?,20+,21+,23-,24-,25+,26?,27-/m1/s1. The van der Waals surface area contributed by atoms with Crippen molar-refractivity contribution >= 4 is 5.97 Å². The second-order valence-corrected chi connectivity index (χ2v) is 13.4. The van der Waals surface area contributed by atoms with Crippen molar-refractivity contribution in [3.63, 3.8) is 0 Å². The van der Waals surface area contributed by atoms with E-state index in [2.05, 4.69) is 13.8 Å². The molecule has 184 valence electrons. The van der Waals surface area contributed by atoms with Crippen molar-refractivity contribution in [1.82, 2.24) is 0 Å². The van der Waals surface area contributed by atoms with E-state index in [1.807, 2.05) is 6.92 Å². The molecule has 5 saturated carbocycles. The Morgan fingerprint density at radius 1 is 0.939 bits per heavy atom. The Morgan fingerprint density at radius 3 is 2.33 bits per heavy atom. The van der Waals surface area contributed by atoms with Gasteiger partial charge in [0.05, 0.1) is 6.42 Å². The Balaban J connectivity index is 1.11. The highest BCUT2D eigenvalue weighted by Gasteiger charge is 2.70. The van der Waals surface area contributed by atoms with Gasteiger partial charge < -0.3 is 14.2 Å². The topological polar surface area (TPSA) is 63.2 Å². The molecule has 0 unspecified atom stereocenters. The van der Waals surface area contributed by atoms with Crippen LogP contribution in [0.15, 0.2) is 0 Å². The summed E-state index contributed by atoms with van der Waals surface area (Å²) in [5.74, 6) is 2.73. The predicted octanol–water partition coefficient (Wildman–Crippen LogP) is 5.34. The lowest BCUT2D eigenvalue weighted by atomic mass is 9.49. The summed E-state index contributed by atoms with van der Waals surface area (Å²) in [5.41, 5.74) is -0.422. The molecule has 5 aliphatic carbocycles. The lowest BCUT2D eigenvalue weighted by Crippen LogP contribution is -2.70. The molecule has 9 aliphatic rings. The SMILES string of the molecule is C[C@H]1[C@H](OC(=O)CC23CC4CC(CC(C4)C2)C3)O[C@@H]2O[C@]3(C)CC[C@H]4[C@H](C)CC[C@@H]1[C@@]24OO3. The third-order valence-electron chi connectivity index (χ3n) is 11.0. The lowest BCUT2D eigenvalue weighted by Gasteiger charge is -2.60. The Kier molecular flexibility index (Phi) is 4.69. The van der Waals surface area contributed by atoms with Gasteiger partial charge in [-0.15, -0.1) is 0 Å². The van der Waals surface area contributed by atoms with Crippen LogP contribution in [0.4, 0.5) is 0 Å². The maximum atomic E-state index is 13.3. The van der Waals surface area contributed by atoms with Crippen LogP contribution in [0.5, 0.6) is 0 Å². The van der Waals surface area contributed by atoms with Crippen LogP contribution in [0.25, 0.3) is 0 Å². The number of rotatable bonds is 3. The minimum Gasteiger partial charge on any atom is -0.435 e. The molecule has 0 N–H and O–H groups in total. The Morgan fingerprint density at radius 2 is 1.64 bits per heavy atom. The average molecular weight is 461 g/mol. The summed E-state index contributed by atoms with van der Waals surface area (Å²) in [6, 6.07) is 0. The summed E-state index contributed by atoms with van der Waals surface area (Å²) in [7, 11) is 0. The van der Waals surface area contributed by atoms with Crippen molar-refractivity contribution in [2.24, 2.45) is 46.8 Å². The van der Waals surface area contributed by atoms with E-state index in [0.717, 1.165) is 43.4 Å². The van der Waals surface area contributed by atoms with Crippen LogP contribution in [0.3, 0.4) is 0 Å². The van der Waals surface area contributed by atoms with Crippen LogP contribution >= 0.6 is 0 Å². The van der Waals surface area contributed by atoms with E-state index in [4.69, 9.17) is 24.0 Å². The Bertz CT molecular complexity index is 792. The Hall–Kier alpha value is -0.690. The van der Waals surface area contributed by atoms with Crippen LogP contribution in [-0.4, -0.2) is 29.9 Å². The molecule has 0 aromatic carbocycles. The fraction of sp³-hybridized carbons (Fsp3) is 0.963. The number of fused-ring (bicyclic) bond motifs is 2. The smallest absolute Gasteiger partial charge is 0.308 e. The zero-order valence-electron chi connectivity index (χ0n) is 20.4. The highest BCUT2D eigenvalue weighted by atomic mass is 17.3. The Labute approximate surface area is 197 Å². The molecule has 0 aromatic rings. The second kappa shape index (κ2) is 7.18. The zero-order chi connectivity index (χ0) is 22.6. The van der Waals surface area contributed by atoms with Gasteiger partial charge in [-0.3, -0.25) is 4.79 Å². The molecular weight excluding hydrogens is 420 g/mol. The van der Waals surface area contributed by atoms with Crippen molar-refractivity contribution in [2.45, 2.75) is 115 Å². The van der Waals surface area contributed by atoms with Crippen LogP contribution in [0.1, 0.15) is 91.4 Å². The van der Waals surface area contributed by atoms with Gasteiger partial charge in [0.2, 0.25) is 12.1 Å². The lowest BCUT2D eigenvalue weighted by molar-refractivity contribution is -0.576. The first kappa shape index (κ1) is 21.6. The first-order chi connectivity index (χ1) is 15.8. The summed E-state index contributed by atoms with van der Waals surface area (Å²) >= 11 is 0. The molecule has 6 nitrogen and oxygen atoms in total. The molecule has 8 atom stereocenters. The first-order valence-corrected chi connectivity index (χ1v) is 13.7. The molecule has 33 heavy (non-hydrogen) atoms. The average Bonchev–Trinajstić information content (AvgIpc) is 2.96. The van der Waals surface area contributed by atoms with Crippen LogP contribution in [-0.2, 0) is 28.8 Å². The van der Waals surface area contributed by atoms with E-state index in [0.29, 0.717) is 18.3 Å². The maximum Gasteiger partial charge on any atom is 0.308 e. The quantitative estimate of drug-likeness (QED) is 0.418. The number of carbonyl (C=O) groups is 1. The molecule has 6 bridgehead atoms. The van der Waals surface area contributed by atoms with E-state index in [9.17, 15) is 4.79 Å². The van der Waals surface area contributed by atoms with Crippen molar-refractivity contribution in [3.05, 3.63) is 0 Å². The zero-order valence-corrected chi connectivity index (χ0v) is 20.4. The van der Waals surface area contributed by atoms with Gasteiger partial charge in [-0.05, 0) is 99.7 Å². The third kappa shape index (κ3) is 3.16. The first-order valence-electron chi connectivity index (χ1n) is 13.7. The number of carbonyl (C=O) groups excluding carboxylic acids is 1. The minimum absolute atomic E-state index is 0.0474. The summed E-state index contributed by atoms with van der Waals surface area (Å²) in [6.45, 7) is 6.42. The second-order valence-electron chi connectivity index (χ2n) is 13.4. The number of esters is 1. The van der Waals surface area contributed by atoms with Gasteiger partial charge in [0, 0.05) is 18.3 Å². The maximum absolute atomic E-state index is 13.3. The van der Waals surface area contributed by atoms with Crippen molar-refractivity contribution in [1.29, 1.82) is 0 Å². The molecule has 1 spiro atoms. The summed E-state index contributed by atoms with van der Waals surface area (Å²) in [4.78, 5) is 25.4. The fourth-order valence-electron chi connectivity index (χ4n) is 9.99. The monoisotopic (exact) mass is 460 g/mol. The molecule has 4 aliphatic heterocycles. The third-order valence-corrected chi connectivity index (χ3v) is 11.0. The fourth-order valence-corrected chi connectivity index (χ4v) is 9.99. The van der Waals surface area contributed by atoms with Crippen LogP contribution in [0.2, 0.25) is 0 Å². The molecule has 6 heteroatoms. The van der Waals surface area contributed by atoms with Gasteiger partial charge in [0.15, 0.2) is 11.9 Å². The number of hydrogen-bond acceptors (Lipinski definition) is 6. The van der Waals surface area contributed by atoms with Gasteiger partial charge in [-0.2, -0.15) is 0 Å². The van der Waals surface area contributed by atoms with Crippen molar-refractivity contribution in [3.8, 4) is 0 Å². The van der Waals surface area contributed by atoms with Crippen LogP contribution < -0.4 is 0 Å². The molecule has 0 amide bonds. The van der Waals surface area contributed by atoms with E-state index in [1.54, 1.807) is 0 Å². The predicted molar refractivity (Wildman–Crippen MR) is 118 cm³/mol. The van der Waals surface area contributed by atoms with Gasteiger partial charge in [0.25, 0.3) is 0 Å². The summed E-state index contributed by atoms with van der Waals surface area (Å²) in [5, 5.41) is 0. The van der Waals surface area contributed by atoms with Crippen molar-refractivity contribution < 1.29 is 28.8 Å². The molecule has 0 aromatic heterocycles. The normalized spacial score (nSPS) is 58.6. The van der Waals surface area contributed by atoms with Gasteiger partial charge in [0.1, 0.15) is 0 Å². The summed E-state index contributed by atoms with van der Waals surface area (Å²) < 4.78 is 19.0. The van der Waals surface area contributed by atoms with Gasteiger partial charge >= 0.3 is 5.97 Å².